The number of benzene rings is 1. The summed E-state index contributed by atoms with van der Waals surface area (Å²) in [6.45, 7) is 5.69. The van der Waals surface area contributed by atoms with Crippen LogP contribution in [0, 0.1) is 12.8 Å². The minimum Gasteiger partial charge on any atom is -0.341 e. The molecule has 2 aromatic heterocycles. The lowest BCUT2D eigenvalue weighted by Gasteiger charge is -2.30. The number of rotatable bonds is 2. The lowest BCUT2D eigenvalue weighted by atomic mass is 9.99. The van der Waals surface area contributed by atoms with E-state index in [0.29, 0.717) is 11.6 Å². The zero-order valence-corrected chi connectivity index (χ0v) is 14.6. The third-order valence-electron chi connectivity index (χ3n) is 5.16. The van der Waals surface area contributed by atoms with Crippen LogP contribution in [0.3, 0.4) is 0 Å². The fourth-order valence-corrected chi connectivity index (χ4v) is 3.58. The van der Waals surface area contributed by atoms with E-state index in [2.05, 4.69) is 12.0 Å². The molecule has 0 N–H and O–H groups in total. The Hall–Kier alpha value is -2.63. The predicted octanol–water partition coefficient (Wildman–Crippen LogP) is 2.22. The van der Waals surface area contributed by atoms with Crippen LogP contribution in [0.15, 0.2) is 35.1 Å². The second kappa shape index (κ2) is 6.02. The van der Waals surface area contributed by atoms with Crippen molar-refractivity contribution in [2.24, 2.45) is 5.92 Å². The third kappa shape index (κ3) is 2.71. The largest absolute Gasteiger partial charge is 0.351 e. The number of fused-ring (bicyclic) bond motifs is 3. The van der Waals surface area contributed by atoms with Crippen LogP contribution in [-0.2, 0) is 11.3 Å². The van der Waals surface area contributed by atoms with E-state index >= 15 is 0 Å². The number of carbonyl (C=O) groups excluding carboxylic acids is 1. The number of aromatic nitrogens is 3. The van der Waals surface area contributed by atoms with E-state index in [1.165, 1.54) is 4.68 Å². The molecule has 1 aliphatic rings. The van der Waals surface area contributed by atoms with Crippen molar-refractivity contribution in [3.05, 3.63) is 46.4 Å². The van der Waals surface area contributed by atoms with Gasteiger partial charge < -0.3 is 4.90 Å². The molecule has 0 atom stereocenters. The molecule has 130 valence electrons. The van der Waals surface area contributed by atoms with Crippen molar-refractivity contribution in [3.8, 4) is 0 Å². The number of amides is 1. The molecular weight excluding hydrogens is 316 g/mol. The van der Waals surface area contributed by atoms with E-state index in [4.69, 9.17) is 0 Å². The highest BCUT2D eigenvalue weighted by atomic mass is 16.2. The van der Waals surface area contributed by atoms with Gasteiger partial charge in [0.1, 0.15) is 6.54 Å². The molecule has 1 amide bonds. The number of aryl methyl sites for hydroxylation is 1. The van der Waals surface area contributed by atoms with Crippen LogP contribution in [0.1, 0.15) is 25.3 Å². The summed E-state index contributed by atoms with van der Waals surface area (Å²) in [6, 6.07) is 9.76. The van der Waals surface area contributed by atoms with E-state index in [0.717, 1.165) is 42.4 Å². The summed E-state index contributed by atoms with van der Waals surface area (Å²) in [5.41, 5.74) is 2.10. The second-order valence-electron chi connectivity index (χ2n) is 7.05. The number of pyridine rings is 1. The number of likely N-dealkylation sites (tertiary alicyclic amines) is 1. The first-order valence-electron chi connectivity index (χ1n) is 8.80. The van der Waals surface area contributed by atoms with Gasteiger partial charge in [-0.15, -0.1) is 5.10 Å². The summed E-state index contributed by atoms with van der Waals surface area (Å²) in [5, 5.41) is 5.42. The van der Waals surface area contributed by atoms with Gasteiger partial charge in [-0.25, -0.2) is 13.9 Å². The Kier molecular flexibility index (Phi) is 3.82. The molecule has 4 rings (SSSR count). The molecule has 1 aliphatic heterocycles. The van der Waals surface area contributed by atoms with Gasteiger partial charge in [0, 0.05) is 13.1 Å². The zero-order valence-electron chi connectivity index (χ0n) is 14.6. The van der Waals surface area contributed by atoms with Crippen LogP contribution in [-0.4, -0.2) is 38.1 Å². The van der Waals surface area contributed by atoms with Crippen molar-refractivity contribution in [2.75, 3.05) is 13.1 Å². The molecule has 3 aromatic rings. The smallest absolute Gasteiger partial charge is 0.341 e. The van der Waals surface area contributed by atoms with E-state index in [1.807, 2.05) is 42.2 Å². The molecule has 1 saturated heterocycles. The van der Waals surface area contributed by atoms with Crippen LogP contribution in [0.25, 0.3) is 16.6 Å². The van der Waals surface area contributed by atoms with Crippen LogP contribution in [0.4, 0.5) is 0 Å². The zero-order chi connectivity index (χ0) is 17.6. The lowest BCUT2D eigenvalue weighted by molar-refractivity contribution is -0.133. The van der Waals surface area contributed by atoms with E-state index in [1.54, 1.807) is 4.40 Å². The minimum absolute atomic E-state index is 0.00264. The number of hydrogen-bond acceptors (Lipinski definition) is 3. The van der Waals surface area contributed by atoms with Gasteiger partial charge in [-0.1, -0.05) is 25.1 Å². The minimum atomic E-state index is -0.256. The molecule has 1 fully saturated rings. The first kappa shape index (κ1) is 15.9. The SMILES string of the molecule is Cc1cc2ccccc2n2c(=O)n(CC(=O)N3CCC(C)CC3)nc12. The van der Waals surface area contributed by atoms with Crippen molar-refractivity contribution >= 4 is 22.5 Å². The monoisotopic (exact) mass is 338 g/mol. The highest BCUT2D eigenvalue weighted by Crippen LogP contribution is 2.19. The molecule has 0 spiro atoms. The molecule has 1 aromatic carbocycles. The molecule has 3 heterocycles. The molecule has 0 saturated carbocycles. The normalized spacial score (nSPS) is 16.0. The van der Waals surface area contributed by atoms with Crippen molar-refractivity contribution in [1.82, 2.24) is 19.1 Å². The Bertz CT molecular complexity index is 1010. The van der Waals surface area contributed by atoms with Crippen molar-refractivity contribution in [1.29, 1.82) is 0 Å². The summed E-state index contributed by atoms with van der Waals surface area (Å²) in [6.07, 6.45) is 2.05. The Balaban J connectivity index is 1.72. The molecule has 6 heteroatoms. The number of para-hydroxylation sites is 1. The Morgan fingerprint density at radius 3 is 2.72 bits per heavy atom. The van der Waals surface area contributed by atoms with Crippen molar-refractivity contribution in [2.45, 2.75) is 33.2 Å². The Morgan fingerprint density at radius 2 is 1.96 bits per heavy atom. The van der Waals surface area contributed by atoms with E-state index < -0.39 is 0 Å². The predicted molar refractivity (Wildman–Crippen MR) is 96.7 cm³/mol. The van der Waals surface area contributed by atoms with Crippen molar-refractivity contribution in [3.63, 3.8) is 0 Å². The Morgan fingerprint density at radius 1 is 1.24 bits per heavy atom. The quantitative estimate of drug-likeness (QED) is 0.720. The number of carbonyl (C=O) groups is 1. The standard InChI is InChI=1S/C19H22N4O2/c1-13-7-9-21(10-8-13)17(24)12-22-19(25)23-16-6-4-3-5-15(16)11-14(2)18(23)20-22/h3-6,11,13H,7-10,12H2,1-2H3. The first-order valence-corrected chi connectivity index (χ1v) is 8.80. The van der Waals surface area contributed by atoms with Crippen LogP contribution >= 0.6 is 0 Å². The summed E-state index contributed by atoms with van der Waals surface area (Å²) in [7, 11) is 0. The Labute approximate surface area is 145 Å². The summed E-state index contributed by atoms with van der Waals surface area (Å²) in [5.74, 6) is 0.635. The van der Waals surface area contributed by atoms with Gasteiger partial charge in [0.2, 0.25) is 5.91 Å². The molecule has 0 bridgehead atoms. The van der Waals surface area contributed by atoms with Crippen LogP contribution < -0.4 is 5.69 Å². The maximum absolute atomic E-state index is 12.9. The molecule has 25 heavy (non-hydrogen) atoms. The van der Waals surface area contributed by atoms with Gasteiger partial charge in [0.15, 0.2) is 5.65 Å². The topological polar surface area (TPSA) is 59.6 Å². The summed E-state index contributed by atoms with van der Waals surface area (Å²) in [4.78, 5) is 27.3. The van der Waals surface area contributed by atoms with Crippen molar-refractivity contribution < 1.29 is 4.79 Å². The highest BCUT2D eigenvalue weighted by Gasteiger charge is 2.22. The van der Waals surface area contributed by atoms with E-state index in [9.17, 15) is 9.59 Å². The summed E-state index contributed by atoms with van der Waals surface area (Å²) >= 11 is 0. The van der Waals surface area contributed by atoms with Gasteiger partial charge in [0.05, 0.1) is 5.52 Å². The van der Waals surface area contributed by atoms with Gasteiger partial charge in [-0.3, -0.25) is 4.79 Å². The number of nitrogens with zero attached hydrogens (tertiary/aromatic N) is 4. The maximum atomic E-state index is 12.9. The van der Waals surface area contributed by atoms with E-state index in [-0.39, 0.29) is 18.1 Å². The van der Waals surface area contributed by atoms with Crippen LogP contribution in [0.2, 0.25) is 0 Å². The molecule has 0 radical (unpaired) electrons. The third-order valence-corrected chi connectivity index (χ3v) is 5.16. The number of piperidine rings is 1. The molecular formula is C19H22N4O2. The lowest BCUT2D eigenvalue weighted by Crippen LogP contribution is -2.41. The van der Waals surface area contributed by atoms with Gasteiger partial charge in [-0.2, -0.15) is 0 Å². The number of hydrogen-bond donors (Lipinski definition) is 0. The molecule has 0 unspecified atom stereocenters. The average molecular weight is 338 g/mol. The first-order chi connectivity index (χ1) is 12.0. The van der Waals surface area contributed by atoms with Crippen LogP contribution in [0.5, 0.6) is 0 Å². The molecule has 6 nitrogen and oxygen atoms in total. The maximum Gasteiger partial charge on any atom is 0.351 e. The second-order valence-corrected chi connectivity index (χ2v) is 7.05. The molecule has 0 aliphatic carbocycles. The van der Waals surface area contributed by atoms with Gasteiger partial charge in [-0.05, 0) is 48.8 Å². The van der Waals surface area contributed by atoms with Gasteiger partial charge in [0.25, 0.3) is 0 Å². The fourth-order valence-electron chi connectivity index (χ4n) is 3.58. The summed E-state index contributed by atoms with van der Waals surface area (Å²) < 4.78 is 2.91. The average Bonchev–Trinajstić information content (AvgIpc) is 2.93. The fraction of sp³-hybridized carbons (Fsp3) is 0.421. The van der Waals surface area contributed by atoms with Gasteiger partial charge >= 0.3 is 5.69 Å². The highest BCUT2D eigenvalue weighted by molar-refractivity contribution is 5.83.